The Morgan fingerprint density at radius 2 is 1.78 bits per heavy atom. The van der Waals surface area contributed by atoms with Crippen LogP contribution in [0.2, 0.25) is 0 Å². The summed E-state index contributed by atoms with van der Waals surface area (Å²) >= 11 is 0. The lowest BCUT2D eigenvalue weighted by Gasteiger charge is -2.46. The van der Waals surface area contributed by atoms with E-state index in [9.17, 15) is 9.59 Å². The first-order valence-corrected chi connectivity index (χ1v) is 5.81. The van der Waals surface area contributed by atoms with Gasteiger partial charge in [-0.2, -0.15) is 5.26 Å². The predicted octanol–water partition coefficient (Wildman–Crippen LogP) is 0.0422. The maximum absolute atomic E-state index is 11.9. The minimum Gasteiger partial charge on any atom is -0.366 e. The third kappa shape index (κ3) is 3.70. The maximum Gasteiger partial charge on any atom is 0.312 e. The molecule has 1 aliphatic rings. The number of nitriles is 1. The Morgan fingerprint density at radius 1 is 1.28 bits per heavy atom. The van der Waals surface area contributed by atoms with Crippen LogP contribution >= 0.6 is 0 Å². The highest BCUT2D eigenvalue weighted by atomic mass is 16.5. The van der Waals surface area contributed by atoms with Gasteiger partial charge in [-0.25, -0.2) is 0 Å². The molecule has 0 unspecified atom stereocenters. The van der Waals surface area contributed by atoms with Crippen LogP contribution in [0.1, 0.15) is 27.7 Å². The van der Waals surface area contributed by atoms with Crippen LogP contribution in [0.4, 0.5) is 0 Å². The van der Waals surface area contributed by atoms with Crippen LogP contribution in [0, 0.1) is 11.3 Å². The number of ether oxygens (including phenoxy) is 1. The average molecular weight is 253 g/mol. The molecule has 0 aliphatic carbocycles. The SMILES string of the molecule is CC1(C)CN(C(=O)C(=O)NCC#N)CC(C)(C)O1. The Balaban J connectivity index is 2.74. The molecular formula is C12H19N3O3. The monoisotopic (exact) mass is 253 g/mol. The molecule has 1 aliphatic heterocycles. The second kappa shape index (κ2) is 4.94. The van der Waals surface area contributed by atoms with E-state index in [2.05, 4.69) is 5.32 Å². The summed E-state index contributed by atoms with van der Waals surface area (Å²) in [6, 6.07) is 1.76. The average Bonchev–Trinajstić information content (AvgIpc) is 2.20. The summed E-state index contributed by atoms with van der Waals surface area (Å²) in [5.41, 5.74) is -0.986. The fourth-order valence-corrected chi connectivity index (χ4v) is 2.27. The summed E-state index contributed by atoms with van der Waals surface area (Å²) in [6.07, 6.45) is 0. The number of nitrogens with one attached hydrogen (secondary N) is 1. The van der Waals surface area contributed by atoms with Crippen molar-refractivity contribution < 1.29 is 14.3 Å². The van der Waals surface area contributed by atoms with E-state index < -0.39 is 23.0 Å². The highest BCUT2D eigenvalue weighted by Crippen LogP contribution is 2.27. The van der Waals surface area contributed by atoms with Gasteiger partial charge in [0.1, 0.15) is 6.54 Å². The second-order valence-corrected chi connectivity index (χ2v) is 5.62. The number of amides is 2. The number of nitrogens with zero attached hydrogens (tertiary/aromatic N) is 2. The largest absolute Gasteiger partial charge is 0.366 e. The molecule has 0 aromatic heterocycles. The van der Waals surface area contributed by atoms with Gasteiger partial charge in [0.2, 0.25) is 0 Å². The third-order valence-electron chi connectivity index (χ3n) is 2.51. The molecule has 1 saturated heterocycles. The van der Waals surface area contributed by atoms with Crippen molar-refractivity contribution in [2.45, 2.75) is 38.9 Å². The summed E-state index contributed by atoms with van der Waals surface area (Å²) in [7, 11) is 0. The van der Waals surface area contributed by atoms with Crippen LogP contribution in [-0.2, 0) is 14.3 Å². The summed E-state index contributed by atoms with van der Waals surface area (Å²) < 4.78 is 5.82. The van der Waals surface area contributed by atoms with Gasteiger partial charge in [0.15, 0.2) is 0 Å². The molecule has 2 amide bonds. The Morgan fingerprint density at radius 3 is 2.22 bits per heavy atom. The van der Waals surface area contributed by atoms with E-state index in [-0.39, 0.29) is 6.54 Å². The summed E-state index contributed by atoms with van der Waals surface area (Å²) in [4.78, 5) is 24.9. The van der Waals surface area contributed by atoms with Crippen molar-refractivity contribution in [3.63, 3.8) is 0 Å². The molecule has 1 rings (SSSR count). The Bertz CT molecular complexity index is 380. The minimum atomic E-state index is -0.745. The zero-order valence-electron chi connectivity index (χ0n) is 11.2. The predicted molar refractivity (Wildman–Crippen MR) is 64.4 cm³/mol. The molecule has 0 atom stereocenters. The van der Waals surface area contributed by atoms with E-state index in [0.29, 0.717) is 13.1 Å². The number of carbonyl (C=O) groups is 2. The van der Waals surface area contributed by atoms with E-state index in [0.717, 1.165) is 0 Å². The first-order valence-electron chi connectivity index (χ1n) is 5.81. The second-order valence-electron chi connectivity index (χ2n) is 5.62. The molecule has 1 N–H and O–H groups in total. The molecule has 100 valence electrons. The Kier molecular flexibility index (Phi) is 3.97. The maximum atomic E-state index is 11.9. The van der Waals surface area contributed by atoms with E-state index in [1.807, 2.05) is 27.7 Å². The molecule has 0 bridgehead atoms. The van der Waals surface area contributed by atoms with Gasteiger partial charge in [0, 0.05) is 13.1 Å². The highest BCUT2D eigenvalue weighted by Gasteiger charge is 2.41. The Labute approximate surface area is 107 Å². The lowest BCUT2D eigenvalue weighted by atomic mass is 9.99. The molecule has 0 aromatic carbocycles. The van der Waals surface area contributed by atoms with E-state index >= 15 is 0 Å². The molecule has 0 aromatic rings. The quantitative estimate of drug-likeness (QED) is 0.528. The van der Waals surface area contributed by atoms with Crippen molar-refractivity contribution in [2.24, 2.45) is 0 Å². The Hall–Kier alpha value is -1.61. The lowest BCUT2D eigenvalue weighted by molar-refractivity contribution is -0.188. The van der Waals surface area contributed by atoms with Crippen molar-refractivity contribution >= 4 is 11.8 Å². The van der Waals surface area contributed by atoms with Crippen molar-refractivity contribution in [1.82, 2.24) is 10.2 Å². The summed E-state index contributed by atoms with van der Waals surface area (Å²) in [5.74, 6) is -1.36. The van der Waals surface area contributed by atoms with Crippen molar-refractivity contribution in [3.8, 4) is 6.07 Å². The summed E-state index contributed by atoms with van der Waals surface area (Å²) in [5, 5.41) is 10.6. The highest BCUT2D eigenvalue weighted by molar-refractivity contribution is 6.35. The molecular weight excluding hydrogens is 234 g/mol. The van der Waals surface area contributed by atoms with Crippen LogP contribution in [0.3, 0.4) is 0 Å². The topological polar surface area (TPSA) is 82.4 Å². The van der Waals surface area contributed by atoms with Gasteiger partial charge in [-0.1, -0.05) is 0 Å². The molecule has 6 nitrogen and oxygen atoms in total. The van der Waals surface area contributed by atoms with Crippen LogP contribution in [0.5, 0.6) is 0 Å². The normalized spacial score (nSPS) is 20.9. The van der Waals surface area contributed by atoms with E-state index in [4.69, 9.17) is 10.00 Å². The standard InChI is InChI=1S/C12H19N3O3/c1-11(2)7-15(8-12(3,4)18-11)10(17)9(16)14-6-5-13/h6-8H2,1-4H3,(H,14,16). The van der Waals surface area contributed by atoms with Crippen LogP contribution in [0.25, 0.3) is 0 Å². The first kappa shape index (κ1) is 14.5. The lowest BCUT2D eigenvalue weighted by Crippen LogP contribution is -2.60. The van der Waals surface area contributed by atoms with Crippen LogP contribution in [0.15, 0.2) is 0 Å². The third-order valence-corrected chi connectivity index (χ3v) is 2.51. The minimum absolute atomic E-state index is 0.165. The van der Waals surface area contributed by atoms with Gasteiger partial charge in [0.05, 0.1) is 17.3 Å². The molecule has 6 heteroatoms. The molecule has 1 fully saturated rings. The number of hydrogen-bond donors (Lipinski definition) is 1. The number of rotatable bonds is 1. The zero-order valence-corrected chi connectivity index (χ0v) is 11.2. The number of carbonyl (C=O) groups excluding carboxylic acids is 2. The molecule has 0 spiro atoms. The molecule has 18 heavy (non-hydrogen) atoms. The van der Waals surface area contributed by atoms with Gasteiger partial charge in [-0.05, 0) is 27.7 Å². The van der Waals surface area contributed by atoms with Crippen molar-refractivity contribution in [3.05, 3.63) is 0 Å². The number of morpholine rings is 1. The van der Waals surface area contributed by atoms with Gasteiger partial charge >= 0.3 is 11.8 Å². The van der Waals surface area contributed by atoms with E-state index in [1.165, 1.54) is 4.90 Å². The molecule has 1 heterocycles. The van der Waals surface area contributed by atoms with Gasteiger partial charge in [-0.3, -0.25) is 9.59 Å². The zero-order chi connectivity index (χ0) is 14.0. The van der Waals surface area contributed by atoms with Gasteiger partial charge < -0.3 is 15.0 Å². The first-order chi connectivity index (χ1) is 8.17. The fourth-order valence-electron chi connectivity index (χ4n) is 2.27. The van der Waals surface area contributed by atoms with Crippen molar-refractivity contribution in [1.29, 1.82) is 5.26 Å². The smallest absolute Gasteiger partial charge is 0.312 e. The molecule has 0 saturated carbocycles. The fraction of sp³-hybridized carbons (Fsp3) is 0.750. The van der Waals surface area contributed by atoms with Crippen molar-refractivity contribution in [2.75, 3.05) is 19.6 Å². The van der Waals surface area contributed by atoms with Gasteiger partial charge in [-0.15, -0.1) is 0 Å². The van der Waals surface area contributed by atoms with E-state index in [1.54, 1.807) is 6.07 Å². The number of hydrogen-bond acceptors (Lipinski definition) is 4. The van der Waals surface area contributed by atoms with Crippen LogP contribution < -0.4 is 5.32 Å². The van der Waals surface area contributed by atoms with Crippen LogP contribution in [-0.4, -0.2) is 47.6 Å². The summed E-state index contributed by atoms with van der Waals surface area (Å²) in [6.45, 7) is 8.05. The van der Waals surface area contributed by atoms with Gasteiger partial charge in [0.25, 0.3) is 0 Å². The molecule has 0 radical (unpaired) electrons.